The molecule has 2 aliphatic rings. The number of benzene rings is 2. The molecule has 8 heteroatoms. The van der Waals surface area contributed by atoms with Gasteiger partial charge in [0.15, 0.2) is 17.3 Å². The number of allylic oxidation sites excluding steroid dienone is 3. The van der Waals surface area contributed by atoms with Crippen LogP contribution in [-0.2, 0) is 14.3 Å². The average molecular weight is 502 g/mol. The van der Waals surface area contributed by atoms with Crippen LogP contribution in [0.2, 0.25) is 10.0 Å². The van der Waals surface area contributed by atoms with Gasteiger partial charge < -0.3 is 19.5 Å². The molecule has 0 saturated heterocycles. The van der Waals surface area contributed by atoms with Crippen LogP contribution in [0.25, 0.3) is 0 Å². The molecule has 0 spiro atoms. The molecule has 1 aliphatic heterocycles. The van der Waals surface area contributed by atoms with E-state index in [0.29, 0.717) is 50.4 Å². The molecular weight excluding hydrogens is 477 g/mol. The molecule has 0 fully saturated rings. The molecule has 0 amide bonds. The van der Waals surface area contributed by atoms with Crippen LogP contribution in [0, 0.1) is 0 Å². The molecule has 34 heavy (non-hydrogen) atoms. The number of halogens is 2. The summed E-state index contributed by atoms with van der Waals surface area (Å²) in [6, 6.07) is 10.9. The maximum Gasteiger partial charge on any atom is 0.336 e. The summed E-state index contributed by atoms with van der Waals surface area (Å²) in [7, 11) is 4.48. The molecule has 1 aliphatic carbocycles. The highest BCUT2D eigenvalue weighted by molar-refractivity contribution is 6.42. The van der Waals surface area contributed by atoms with E-state index in [9.17, 15) is 9.59 Å². The maximum atomic E-state index is 13.6. The maximum absolute atomic E-state index is 13.6. The molecule has 1 heterocycles. The summed E-state index contributed by atoms with van der Waals surface area (Å²) in [6.45, 7) is 1.80. The molecule has 178 valence electrons. The number of Topliss-reactive ketones (excluding diaryl/α,β-unsaturated/α-hetero) is 1. The lowest BCUT2D eigenvalue weighted by Crippen LogP contribution is -2.36. The SMILES string of the molecule is COC(=O)C1=C(C)NC2=C(C(=O)C[C@@H](c3ccc(OC)c(OC)c3)C2)[C@@H]1c1cccc(Cl)c1Cl. The molecule has 0 bridgehead atoms. The lowest BCUT2D eigenvalue weighted by molar-refractivity contribution is -0.136. The van der Waals surface area contributed by atoms with Crippen molar-refractivity contribution >= 4 is 35.0 Å². The largest absolute Gasteiger partial charge is 0.493 e. The van der Waals surface area contributed by atoms with Crippen molar-refractivity contribution in [1.82, 2.24) is 5.32 Å². The Morgan fingerprint density at radius 1 is 1.03 bits per heavy atom. The van der Waals surface area contributed by atoms with E-state index in [-0.39, 0.29) is 18.1 Å². The van der Waals surface area contributed by atoms with Crippen molar-refractivity contribution in [3.05, 3.63) is 80.1 Å². The van der Waals surface area contributed by atoms with Gasteiger partial charge in [0.1, 0.15) is 0 Å². The first-order chi connectivity index (χ1) is 16.3. The second-order valence-electron chi connectivity index (χ2n) is 8.27. The van der Waals surface area contributed by atoms with E-state index in [4.69, 9.17) is 37.4 Å². The summed E-state index contributed by atoms with van der Waals surface area (Å²) in [5.74, 6) is -0.0936. The first-order valence-corrected chi connectivity index (χ1v) is 11.5. The number of dihydropyridines is 1. The molecule has 2 aromatic rings. The standard InChI is InChI=1S/C26H25Cl2NO5/c1-13-22(26(31)34-4)23(16-6-5-7-17(27)25(16)28)24-18(29-13)10-15(11-19(24)30)14-8-9-20(32-2)21(12-14)33-3/h5-9,12,15,23,29H,10-11H2,1-4H3/t15-,23+/m0/s1. The number of ether oxygens (including phenoxy) is 3. The Morgan fingerprint density at radius 2 is 1.76 bits per heavy atom. The number of methoxy groups -OCH3 is 3. The number of hydrogen-bond acceptors (Lipinski definition) is 6. The monoisotopic (exact) mass is 501 g/mol. The third-order valence-electron chi connectivity index (χ3n) is 6.40. The Kier molecular flexibility index (Phi) is 6.91. The zero-order valence-corrected chi connectivity index (χ0v) is 20.8. The Morgan fingerprint density at radius 3 is 2.44 bits per heavy atom. The minimum absolute atomic E-state index is 0.0662. The first kappa shape index (κ1) is 24.2. The Hall–Kier alpha value is -2.96. The van der Waals surface area contributed by atoms with Crippen molar-refractivity contribution in [1.29, 1.82) is 0 Å². The van der Waals surface area contributed by atoms with Gasteiger partial charge >= 0.3 is 5.97 Å². The third-order valence-corrected chi connectivity index (χ3v) is 7.24. The number of rotatable bonds is 5. The molecule has 0 radical (unpaired) electrons. The van der Waals surface area contributed by atoms with Gasteiger partial charge in [0.25, 0.3) is 0 Å². The number of carbonyl (C=O) groups is 2. The van der Waals surface area contributed by atoms with Gasteiger partial charge in [-0.3, -0.25) is 4.79 Å². The lowest BCUT2D eigenvalue weighted by Gasteiger charge is -2.37. The Balaban J connectivity index is 1.81. The Bertz CT molecular complexity index is 1230. The van der Waals surface area contributed by atoms with Gasteiger partial charge in [-0.15, -0.1) is 0 Å². The third kappa shape index (κ3) is 4.17. The van der Waals surface area contributed by atoms with E-state index in [1.807, 2.05) is 18.2 Å². The molecule has 0 unspecified atom stereocenters. The first-order valence-electron chi connectivity index (χ1n) is 10.8. The van der Waals surface area contributed by atoms with Gasteiger partial charge in [-0.2, -0.15) is 0 Å². The van der Waals surface area contributed by atoms with Crippen molar-refractivity contribution < 1.29 is 23.8 Å². The highest BCUT2D eigenvalue weighted by Crippen LogP contribution is 2.48. The van der Waals surface area contributed by atoms with E-state index in [2.05, 4.69) is 5.32 Å². The summed E-state index contributed by atoms with van der Waals surface area (Å²) < 4.78 is 15.9. The van der Waals surface area contributed by atoms with Crippen LogP contribution in [0.15, 0.2) is 58.9 Å². The molecule has 1 N–H and O–H groups in total. The van der Waals surface area contributed by atoms with Gasteiger partial charge in [-0.25, -0.2) is 4.79 Å². The van der Waals surface area contributed by atoms with Gasteiger partial charge in [0.2, 0.25) is 0 Å². The van der Waals surface area contributed by atoms with E-state index < -0.39 is 11.9 Å². The fraction of sp³-hybridized carbons (Fsp3) is 0.308. The zero-order chi connectivity index (χ0) is 24.6. The minimum Gasteiger partial charge on any atom is -0.493 e. The Labute approximate surface area is 208 Å². The second-order valence-corrected chi connectivity index (χ2v) is 9.05. The highest BCUT2D eigenvalue weighted by Gasteiger charge is 2.42. The van der Waals surface area contributed by atoms with Gasteiger partial charge in [-0.1, -0.05) is 41.4 Å². The molecule has 6 nitrogen and oxygen atoms in total. The summed E-state index contributed by atoms with van der Waals surface area (Å²) in [5, 5.41) is 3.97. The predicted octanol–water partition coefficient (Wildman–Crippen LogP) is 5.55. The van der Waals surface area contributed by atoms with Crippen molar-refractivity contribution in [2.75, 3.05) is 21.3 Å². The van der Waals surface area contributed by atoms with E-state index in [1.54, 1.807) is 39.3 Å². The van der Waals surface area contributed by atoms with Crippen LogP contribution in [0.5, 0.6) is 11.5 Å². The van der Waals surface area contributed by atoms with Crippen molar-refractivity contribution in [3.63, 3.8) is 0 Å². The average Bonchev–Trinajstić information content (AvgIpc) is 2.83. The second kappa shape index (κ2) is 9.72. The summed E-state index contributed by atoms with van der Waals surface area (Å²) in [4.78, 5) is 26.4. The van der Waals surface area contributed by atoms with Crippen LogP contribution < -0.4 is 14.8 Å². The van der Waals surface area contributed by atoms with Crippen LogP contribution in [0.3, 0.4) is 0 Å². The smallest absolute Gasteiger partial charge is 0.336 e. The summed E-state index contributed by atoms with van der Waals surface area (Å²) >= 11 is 12.9. The molecule has 0 aromatic heterocycles. The molecular formula is C26H25Cl2NO5. The van der Waals surface area contributed by atoms with Crippen LogP contribution in [0.4, 0.5) is 0 Å². The molecule has 0 saturated carbocycles. The van der Waals surface area contributed by atoms with E-state index in [1.165, 1.54) is 7.11 Å². The fourth-order valence-electron chi connectivity index (χ4n) is 4.82. The normalized spacial score (nSPS) is 20.0. The number of carbonyl (C=O) groups excluding carboxylic acids is 2. The minimum atomic E-state index is -0.672. The van der Waals surface area contributed by atoms with Crippen LogP contribution >= 0.6 is 23.2 Å². The van der Waals surface area contributed by atoms with Crippen LogP contribution in [0.1, 0.15) is 42.7 Å². The molecule has 2 atom stereocenters. The van der Waals surface area contributed by atoms with Crippen molar-refractivity contribution in [2.45, 2.75) is 31.6 Å². The van der Waals surface area contributed by atoms with Crippen LogP contribution in [-0.4, -0.2) is 33.1 Å². The molecule has 4 rings (SSSR count). The van der Waals surface area contributed by atoms with E-state index in [0.717, 1.165) is 11.3 Å². The van der Waals surface area contributed by atoms with Crippen molar-refractivity contribution in [3.8, 4) is 11.5 Å². The number of nitrogens with one attached hydrogen (secondary N) is 1. The quantitative estimate of drug-likeness (QED) is 0.541. The predicted molar refractivity (Wildman–Crippen MR) is 131 cm³/mol. The van der Waals surface area contributed by atoms with E-state index >= 15 is 0 Å². The summed E-state index contributed by atoms with van der Waals surface area (Å²) in [5.41, 5.74) is 3.82. The number of ketones is 1. The number of esters is 1. The lowest BCUT2D eigenvalue weighted by atomic mass is 9.71. The fourth-order valence-corrected chi connectivity index (χ4v) is 5.23. The zero-order valence-electron chi connectivity index (χ0n) is 19.3. The number of hydrogen-bond donors (Lipinski definition) is 1. The van der Waals surface area contributed by atoms with Gasteiger partial charge in [0, 0.05) is 29.3 Å². The molecule has 2 aromatic carbocycles. The topological polar surface area (TPSA) is 73.9 Å². The summed E-state index contributed by atoms with van der Waals surface area (Å²) in [6.07, 6.45) is 0.856. The van der Waals surface area contributed by atoms with Crippen molar-refractivity contribution in [2.24, 2.45) is 0 Å². The van der Waals surface area contributed by atoms with Gasteiger partial charge in [0.05, 0.1) is 36.9 Å². The highest BCUT2D eigenvalue weighted by atomic mass is 35.5. The van der Waals surface area contributed by atoms with Gasteiger partial charge in [-0.05, 0) is 48.6 Å².